The summed E-state index contributed by atoms with van der Waals surface area (Å²) in [7, 11) is 0. The first-order valence-corrected chi connectivity index (χ1v) is 13.3. The van der Waals surface area contributed by atoms with Crippen LogP contribution in [0.15, 0.2) is 42.5 Å². The first-order valence-electron chi connectivity index (χ1n) is 13.3. The quantitative estimate of drug-likeness (QED) is 0.529. The van der Waals surface area contributed by atoms with Gasteiger partial charge in [0.2, 0.25) is 0 Å². The summed E-state index contributed by atoms with van der Waals surface area (Å²) in [5.41, 5.74) is 1.17. The van der Waals surface area contributed by atoms with E-state index in [0.29, 0.717) is 29.9 Å². The Morgan fingerprint density at radius 3 is 2.71 bits per heavy atom. The van der Waals surface area contributed by atoms with Crippen molar-refractivity contribution in [3.63, 3.8) is 0 Å². The molecule has 6 fully saturated rings. The van der Waals surface area contributed by atoms with E-state index in [-0.39, 0.29) is 40.2 Å². The lowest BCUT2D eigenvalue weighted by Gasteiger charge is -2.65. The average Bonchev–Trinajstić information content (AvgIpc) is 3.36. The van der Waals surface area contributed by atoms with Crippen molar-refractivity contribution in [1.29, 1.82) is 0 Å². The van der Waals surface area contributed by atoms with E-state index in [9.17, 15) is 15.0 Å². The van der Waals surface area contributed by atoms with Crippen molar-refractivity contribution in [3.8, 4) is 0 Å². The van der Waals surface area contributed by atoms with Gasteiger partial charge in [-0.05, 0) is 79.5 Å². The number of nitrogens with zero attached hydrogens (tertiary/aromatic N) is 1. The zero-order valence-electron chi connectivity index (χ0n) is 20.3. The standard InChI is InChI=1S/C29H37NO4/c1-4-30-15-27(3)11-10-23(34-26(33)17-8-6-5-7-9-17)29-21(27)12-19(24(29)30)28-14-18(16(2)25(28)32)20(31)13-22(28)29/h5-9,18-25,31-32H,2,4,10-15H2,1,3H3/t18-,19-,20-,21+,22+,23-,24-,25+,27-,28-,29-/m0/s1. The molecule has 0 aromatic heterocycles. The summed E-state index contributed by atoms with van der Waals surface area (Å²) < 4.78 is 6.50. The number of carbonyl (C=O) groups is 1. The van der Waals surface area contributed by atoms with Crippen LogP contribution in [0.4, 0.5) is 0 Å². The van der Waals surface area contributed by atoms with Crippen LogP contribution in [-0.4, -0.2) is 58.5 Å². The Hall–Kier alpha value is -1.69. The Bertz CT molecular complexity index is 1060. The summed E-state index contributed by atoms with van der Waals surface area (Å²) in [6.07, 6.45) is 3.34. The van der Waals surface area contributed by atoms with Crippen LogP contribution in [0.1, 0.15) is 56.3 Å². The summed E-state index contributed by atoms with van der Waals surface area (Å²) >= 11 is 0. The van der Waals surface area contributed by atoms with E-state index in [1.807, 2.05) is 30.3 Å². The van der Waals surface area contributed by atoms with Gasteiger partial charge in [-0.3, -0.25) is 4.90 Å². The Morgan fingerprint density at radius 2 is 1.97 bits per heavy atom. The topological polar surface area (TPSA) is 70.0 Å². The smallest absolute Gasteiger partial charge is 0.338 e. The number of likely N-dealkylation sites (tertiary alicyclic amines) is 1. The van der Waals surface area contributed by atoms with Crippen molar-refractivity contribution in [3.05, 3.63) is 48.0 Å². The first kappa shape index (κ1) is 21.6. The summed E-state index contributed by atoms with van der Waals surface area (Å²) in [4.78, 5) is 16.0. The third-order valence-corrected chi connectivity index (χ3v) is 11.8. The van der Waals surface area contributed by atoms with Crippen LogP contribution in [0, 0.1) is 39.9 Å². The Morgan fingerprint density at radius 1 is 1.21 bits per heavy atom. The van der Waals surface area contributed by atoms with E-state index in [1.165, 1.54) is 0 Å². The maximum atomic E-state index is 13.4. The van der Waals surface area contributed by atoms with Gasteiger partial charge in [0.05, 0.1) is 17.8 Å². The van der Waals surface area contributed by atoms with Crippen LogP contribution in [0.25, 0.3) is 0 Å². The molecule has 5 heteroatoms. The van der Waals surface area contributed by atoms with Gasteiger partial charge >= 0.3 is 5.97 Å². The number of hydrogen-bond acceptors (Lipinski definition) is 5. The molecule has 7 bridgehead atoms. The second kappa shape index (κ2) is 6.74. The fourth-order valence-electron chi connectivity index (χ4n) is 10.9. The predicted molar refractivity (Wildman–Crippen MR) is 128 cm³/mol. The van der Waals surface area contributed by atoms with Gasteiger partial charge in [-0.15, -0.1) is 0 Å². The number of rotatable bonds is 3. The number of aliphatic hydroxyl groups is 2. The third-order valence-electron chi connectivity index (χ3n) is 11.8. The minimum absolute atomic E-state index is 0.00257. The van der Waals surface area contributed by atoms with Gasteiger partial charge in [0, 0.05) is 29.3 Å². The molecule has 2 spiro atoms. The lowest BCUT2D eigenvalue weighted by molar-refractivity contribution is -0.218. The van der Waals surface area contributed by atoms with E-state index >= 15 is 0 Å². The van der Waals surface area contributed by atoms with Gasteiger partial charge in [-0.2, -0.15) is 0 Å². The lowest BCUT2D eigenvalue weighted by Crippen LogP contribution is -2.69. The highest BCUT2D eigenvalue weighted by Gasteiger charge is 2.85. The minimum Gasteiger partial charge on any atom is -0.458 e. The second-order valence-corrected chi connectivity index (χ2v) is 12.6. The molecule has 1 saturated heterocycles. The molecule has 1 aromatic rings. The highest BCUT2D eigenvalue weighted by atomic mass is 16.5. The summed E-state index contributed by atoms with van der Waals surface area (Å²) in [6.45, 7) is 11.0. The van der Waals surface area contributed by atoms with Crippen molar-refractivity contribution in [2.24, 2.45) is 39.9 Å². The first-order chi connectivity index (χ1) is 16.3. The SMILES string of the molecule is C=C1[C@@H](O)[C@]23C[C@@H]1[C@@H](O)C[C@H]2[C@@]12[C@@H](OC(=O)c4ccccc4)CC[C@@]4(C)CN(CC)[C@H]1[C@@H]3C[C@H]42. The van der Waals surface area contributed by atoms with Crippen molar-refractivity contribution < 1.29 is 19.7 Å². The summed E-state index contributed by atoms with van der Waals surface area (Å²) in [6, 6.07) is 9.64. The number of ether oxygens (including phenoxy) is 1. The molecule has 11 atom stereocenters. The lowest BCUT2D eigenvalue weighted by atomic mass is 9.43. The normalized spacial score (nSPS) is 52.5. The molecule has 1 aliphatic heterocycles. The van der Waals surface area contributed by atoms with Crippen LogP contribution in [0.3, 0.4) is 0 Å². The Balaban J connectivity index is 1.39. The van der Waals surface area contributed by atoms with Crippen LogP contribution in [0.5, 0.6) is 0 Å². The van der Waals surface area contributed by atoms with Gasteiger partial charge in [0.15, 0.2) is 0 Å². The fraction of sp³-hybridized carbons (Fsp3) is 0.690. The molecule has 2 N–H and O–H groups in total. The number of carbonyl (C=O) groups excluding carboxylic acids is 1. The van der Waals surface area contributed by atoms with Crippen LogP contribution < -0.4 is 0 Å². The Labute approximate surface area is 202 Å². The predicted octanol–water partition coefficient (Wildman–Crippen LogP) is 3.66. The third kappa shape index (κ3) is 2.22. The van der Waals surface area contributed by atoms with E-state index < -0.39 is 12.2 Å². The van der Waals surface area contributed by atoms with Crippen LogP contribution >= 0.6 is 0 Å². The van der Waals surface area contributed by atoms with Crippen molar-refractivity contribution in [2.75, 3.05) is 13.1 Å². The zero-order valence-corrected chi connectivity index (χ0v) is 20.3. The average molecular weight is 464 g/mol. The molecule has 1 aromatic carbocycles. The van der Waals surface area contributed by atoms with E-state index in [1.54, 1.807) is 0 Å². The van der Waals surface area contributed by atoms with Gasteiger partial charge in [0.1, 0.15) is 6.10 Å². The highest BCUT2D eigenvalue weighted by molar-refractivity contribution is 5.89. The fourth-order valence-corrected chi connectivity index (χ4v) is 10.9. The molecule has 5 saturated carbocycles. The van der Waals surface area contributed by atoms with Gasteiger partial charge in [0.25, 0.3) is 0 Å². The molecule has 5 aliphatic carbocycles. The molecule has 1 heterocycles. The maximum Gasteiger partial charge on any atom is 0.338 e. The molecular weight excluding hydrogens is 426 g/mol. The number of hydrogen-bond donors (Lipinski definition) is 2. The van der Waals surface area contributed by atoms with E-state index in [4.69, 9.17) is 4.74 Å². The number of piperidine rings is 1. The van der Waals surface area contributed by atoms with Crippen LogP contribution in [-0.2, 0) is 4.74 Å². The van der Waals surface area contributed by atoms with Gasteiger partial charge in [-0.25, -0.2) is 4.79 Å². The largest absolute Gasteiger partial charge is 0.458 e. The van der Waals surface area contributed by atoms with Crippen molar-refractivity contribution in [2.45, 2.75) is 70.3 Å². The molecule has 6 aliphatic rings. The van der Waals surface area contributed by atoms with Crippen LogP contribution in [0.2, 0.25) is 0 Å². The van der Waals surface area contributed by atoms with E-state index in [0.717, 1.165) is 44.3 Å². The zero-order chi connectivity index (χ0) is 23.6. The monoisotopic (exact) mass is 463 g/mol. The molecule has 5 nitrogen and oxygen atoms in total. The Kier molecular flexibility index (Phi) is 4.28. The highest BCUT2D eigenvalue weighted by Crippen LogP contribution is 2.83. The number of esters is 1. The molecule has 0 unspecified atom stereocenters. The van der Waals surface area contributed by atoms with Gasteiger partial charge < -0.3 is 14.9 Å². The molecule has 7 rings (SSSR count). The number of aliphatic hydroxyl groups excluding tert-OH is 2. The molecule has 0 amide bonds. The minimum atomic E-state index is -0.567. The maximum absolute atomic E-state index is 13.4. The second-order valence-electron chi connectivity index (χ2n) is 12.6. The summed E-state index contributed by atoms with van der Waals surface area (Å²) in [5, 5.41) is 23.0. The number of benzene rings is 1. The summed E-state index contributed by atoms with van der Waals surface area (Å²) in [5.74, 6) is 0.735. The molecule has 182 valence electrons. The molecule has 34 heavy (non-hydrogen) atoms. The molecular formula is C29H37NO4. The van der Waals surface area contributed by atoms with Crippen molar-refractivity contribution in [1.82, 2.24) is 4.90 Å². The number of fused-ring (bicyclic) bond motifs is 1. The molecule has 0 radical (unpaired) electrons. The van der Waals surface area contributed by atoms with Gasteiger partial charge in [-0.1, -0.05) is 38.6 Å². The van der Waals surface area contributed by atoms with Crippen molar-refractivity contribution >= 4 is 5.97 Å². The van der Waals surface area contributed by atoms with E-state index in [2.05, 4.69) is 25.3 Å².